The van der Waals surface area contributed by atoms with Crippen molar-refractivity contribution in [2.45, 2.75) is 70.1 Å². The highest BCUT2D eigenvalue weighted by Crippen LogP contribution is 2.07. The van der Waals surface area contributed by atoms with E-state index in [4.69, 9.17) is 17.2 Å². The maximum atomic E-state index is 12.7. The van der Waals surface area contributed by atoms with Gasteiger partial charge in [-0.2, -0.15) is 0 Å². The summed E-state index contributed by atoms with van der Waals surface area (Å²) in [6, 6.07) is -5.30. The third-order valence-corrected chi connectivity index (χ3v) is 4.98. The molecule has 0 fully saturated rings. The molecule has 0 aromatic rings. The smallest absolute Gasteiger partial charge is 0.326 e. The van der Waals surface area contributed by atoms with E-state index < -0.39 is 66.3 Å². The van der Waals surface area contributed by atoms with Crippen LogP contribution < -0.4 is 33.2 Å². The number of carboxylic acid groups (broad SMARTS) is 1. The van der Waals surface area contributed by atoms with Crippen LogP contribution in [0.25, 0.3) is 0 Å². The summed E-state index contributed by atoms with van der Waals surface area (Å²) in [5, 5.41) is 25.4. The number of aliphatic hydroxyl groups excluding tert-OH is 1. The molecule has 0 aliphatic rings. The Labute approximate surface area is 191 Å². The maximum absolute atomic E-state index is 12.7. The van der Waals surface area contributed by atoms with E-state index in [0.717, 1.165) is 0 Å². The molecule has 0 rings (SSSR count). The molecule has 0 radical (unpaired) electrons. The number of carboxylic acids is 1. The van der Waals surface area contributed by atoms with Crippen LogP contribution in [-0.4, -0.2) is 76.5 Å². The van der Waals surface area contributed by atoms with E-state index >= 15 is 0 Å². The molecule has 188 valence electrons. The van der Waals surface area contributed by atoms with Crippen molar-refractivity contribution in [3.05, 3.63) is 0 Å². The molecule has 0 saturated heterocycles. The van der Waals surface area contributed by atoms with Gasteiger partial charge in [0.25, 0.3) is 0 Å². The van der Waals surface area contributed by atoms with Crippen molar-refractivity contribution in [2.24, 2.45) is 23.1 Å². The van der Waals surface area contributed by atoms with Gasteiger partial charge in [0.1, 0.15) is 18.1 Å². The molecule has 5 unspecified atom stereocenters. The lowest BCUT2D eigenvalue weighted by atomic mass is 9.98. The minimum Gasteiger partial charge on any atom is -0.480 e. The molecule has 5 amide bonds. The number of aliphatic hydroxyl groups is 1. The predicted octanol–water partition coefficient (Wildman–Crippen LogP) is -3.58. The van der Waals surface area contributed by atoms with E-state index in [9.17, 15) is 39.0 Å². The van der Waals surface area contributed by atoms with Crippen LogP contribution in [-0.2, 0) is 28.8 Å². The van der Waals surface area contributed by atoms with E-state index in [-0.39, 0.29) is 31.6 Å². The molecule has 0 aliphatic carbocycles. The van der Waals surface area contributed by atoms with Crippen LogP contribution in [0.3, 0.4) is 0 Å². The topological polar surface area (TPSA) is 257 Å². The molecular formula is C19H34N6O8. The minimum atomic E-state index is -1.58. The maximum Gasteiger partial charge on any atom is 0.326 e. The fourth-order valence-electron chi connectivity index (χ4n) is 2.62. The van der Waals surface area contributed by atoms with Gasteiger partial charge < -0.3 is 43.4 Å². The van der Waals surface area contributed by atoms with Gasteiger partial charge in [0.05, 0.1) is 12.6 Å². The minimum absolute atomic E-state index is 0.198. The molecule has 33 heavy (non-hydrogen) atoms. The van der Waals surface area contributed by atoms with Crippen molar-refractivity contribution in [1.82, 2.24) is 16.0 Å². The summed E-state index contributed by atoms with van der Waals surface area (Å²) < 4.78 is 0. The number of nitrogens with one attached hydrogen (secondary N) is 3. The Morgan fingerprint density at radius 3 is 1.64 bits per heavy atom. The second-order valence-corrected chi connectivity index (χ2v) is 7.63. The van der Waals surface area contributed by atoms with E-state index in [2.05, 4.69) is 16.0 Å². The van der Waals surface area contributed by atoms with Crippen LogP contribution in [0.5, 0.6) is 0 Å². The van der Waals surface area contributed by atoms with Gasteiger partial charge in [-0.15, -0.1) is 0 Å². The summed E-state index contributed by atoms with van der Waals surface area (Å²) in [4.78, 5) is 70.7. The molecule has 0 spiro atoms. The highest BCUT2D eigenvalue weighted by molar-refractivity contribution is 5.94. The summed E-state index contributed by atoms with van der Waals surface area (Å²) in [6.07, 6.45) is -0.476. The number of nitrogens with two attached hydrogens (primary N) is 3. The molecule has 0 saturated carbocycles. The second-order valence-electron chi connectivity index (χ2n) is 7.63. The largest absolute Gasteiger partial charge is 0.480 e. The Morgan fingerprint density at radius 1 is 0.788 bits per heavy atom. The van der Waals surface area contributed by atoms with Gasteiger partial charge in [-0.3, -0.25) is 24.0 Å². The normalized spacial score (nSPS) is 15.3. The lowest BCUT2D eigenvalue weighted by Crippen LogP contribution is -2.58. The first kappa shape index (κ1) is 29.7. The molecule has 14 heteroatoms. The molecular weight excluding hydrogens is 440 g/mol. The first-order valence-electron chi connectivity index (χ1n) is 10.4. The lowest BCUT2D eigenvalue weighted by Gasteiger charge is -2.25. The zero-order valence-corrected chi connectivity index (χ0v) is 18.7. The van der Waals surface area contributed by atoms with Crippen LogP contribution in [0.1, 0.15) is 46.0 Å². The van der Waals surface area contributed by atoms with Crippen molar-refractivity contribution in [2.75, 3.05) is 6.61 Å². The Bertz CT molecular complexity index is 731. The van der Waals surface area contributed by atoms with Gasteiger partial charge in [0.2, 0.25) is 29.5 Å². The molecule has 5 atom stereocenters. The summed E-state index contributed by atoms with van der Waals surface area (Å²) in [5.41, 5.74) is 15.9. The fraction of sp³-hybridized carbons (Fsp3) is 0.684. The second kappa shape index (κ2) is 14.7. The Morgan fingerprint density at radius 2 is 1.21 bits per heavy atom. The number of amides is 5. The van der Waals surface area contributed by atoms with Crippen molar-refractivity contribution in [3.63, 3.8) is 0 Å². The molecule has 0 aliphatic heterocycles. The Balaban J connectivity index is 5.34. The van der Waals surface area contributed by atoms with Crippen LogP contribution in [0.2, 0.25) is 0 Å². The van der Waals surface area contributed by atoms with Crippen LogP contribution >= 0.6 is 0 Å². The molecule has 0 aromatic carbocycles. The summed E-state index contributed by atoms with van der Waals surface area (Å²) >= 11 is 0. The van der Waals surface area contributed by atoms with Crippen molar-refractivity contribution < 1.29 is 39.0 Å². The Kier molecular flexibility index (Phi) is 13.3. The number of rotatable bonds is 16. The number of aliphatic carboxylic acids is 1. The molecule has 0 aromatic heterocycles. The average Bonchev–Trinajstić information content (AvgIpc) is 2.75. The van der Waals surface area contributed by atoms with E-state index in [1.807, 2.05) is 6.92 Å². The summed E-state index contributed by atoms with van der Waals surface area (Å²) in [5.74, 6) is -5.77. The number of hydrogen-bond donors (Lipinski definition) is 8. The van der Waals surface area contributed by atoms with E-state index in [1.54, 1.807) is 6.92 Å². The van der Waals surface area contributed by atoms with Crippen molar-refractivity contribution >= 4 is 35.5 Å². The van der Waals surface area contributed by atoms with Gasteiger partial charge in [0.15, 0.2) is 0 Å². The van der Waals surface area contributed by atoms with E-state index in [0.29, 0.717) is 6.42 Å². The molecule has 14 nitrogen and oxygen atoms in total. The van der Waals surface area contributed by atoms with E-state index in [1.165, 1.54) is 0 Å². The highest BCUT2D eigenvalue weighted by atomic mass is 16.4. The van der Waals surface area contributed by atoms with Gasteiger partial charge in [-0.1, -0.05) is 20.3 Å². The van der Waals surface area contributed by atoms with Crippen LogP contribution in [0.4, 0.5) is 0 Å². The number of hydrogen-bond acceptors (Lipinski definition) is 8. The highest BCUT2D eigenvalue weighted by Gasteiger charge is 2.31. The van der Waals surface area contributed by atoms with Gasteiger partial charge in [-0.05, 0) is 18.8 Å². The summed E-state index contributed by atoms with van der Waals surface area (Å²) in [7, 11) is 0. The van der Waals surface area contributed by atoms with Crippen molar-refractivity contribution in [3.8, 4) is 0 Å². The van der Waals surface area contributed by atoms with Crippen LogP contribution in [0, 0.1) is 5.92 Å². The molecule has 11 N–H and O–H groups in total. The standard InChI is InChI=1S/C19H34N6O8/c1-3-9(2)15(22)18(31)23-10(4-6-13(20)27)16(29)25-12(8-26)17(30)24-11(19(32)33)5-7-14(21)28/h9-12,15,26H,3-8,22H2,1-2H3,(H2,20,27)(H2,21,28)(H,23,31)(H,24,30)(H,25,29)(H,32,33). The number of carbonyl (C=O) groups excluding carboxylic acids is 5. The fourth-order valence-corrected chi connectivity index (χ4v) is 2.62. The third kappa shape index (κ3) is 11.2. The van der Waals surface area contributed by atoms with Gasteiger partial charge in [0, 0.05) is 12.8 Å². The molecule has 0 heterocycles. The predicted molar refractivity (Wildman–Crippen MR) is 115 cm³/mol. The zero-order chi connectivity index (χ0) is 25.7. The first-order valence-corrected chi connectivity index (χ1v) is 10.4. The monoisotopic (exact) mass is 474 g/mol. The quantitative estimate of drug-likeness (QED) is 0.110. The van der Waals surface area contributed by atoms with Crippen LogP contribution in [0.15, 0.2) is 0 Å². The lowest BCUT2D eigenvalue weighted by molar-refractivity contribution is -0.143. The Hall–Kier alpha value is -3.26. The zero-order valence-electron chi connectivity index (χ0n) is 18.7. The molecule has 0 bridgehead atoms. The summed E-state index contributed by atoms with van der Waals surface area (Å²) in [6.45, 7) is 2.67. The average molecular weight is 475 g/mol. The number of primary amides is 2. The third-order valence-electron chi connectivity index (χ3n) is 4.98. The van der Waals surface area contributed by atoms with Gasteiger partial charge >= 0.3 is 5.97 Å². The van der Waals surface area contributed by atoms with Gasteiger partial charge in [-0.25, -0.2) is 4.79 Å². The SMILES string of the molecule is CCC(C)C(N)C(=O)NC(CCC(N)=O)C(=O)NC(CO)C(=O)NC(CCC(N)=O)C(=O)O. The first-order chi connectivity index (χ1) is 15.3. The van der Waals surface area contributed by atoms with Crippen molar-refractivity contribution in [1.29, 1.82) is 0 Å². The number of carbonyl (C=O) groups is 6.